The summed E-state index contributed by atoms with van der Waals surface area (Å²) in [5, 5.41) is 0. The van der Waals surface area contributed by atoms with Crippen LogP contribution in [-0.4, -0.2) is 0 Å². The van der Waals surface area contributed by atoms with Crippen molar-refractivity contribution < 1.29 is 0 Å². The van der Waals surface area contributed by atoms with Crippen LogP contribution >= 0.6 is 23.5 Å². The van der Waals surface area contributed by atoms with Crippen LogP contribution in [0.15, 0.2) is 38.8 Å². The fraction of sp³-hybridized carbons (Fsp3) is 0. The molecule has 68 valence electrons. The smallest absolute Gasteiger partial charge is 0.242 e. The summed E-state index contributed by atoms with van der Waals surface area (Å²) < 4.78 is 0. The molecule has 2 aromatic carbocycles. The molecular formula is C8O4S2. The minimum absolute atomic E-state index is 0.319. The van der Waals surface area contributed by atoms with Crippen molar-refractivity contribution in [3.8, 4) is 0 Å². The van der Waals surface area contributed by atoms with Crippen molar-refractivity contribution >= 4 is 23.5 Å². The lowest BCUT2D eigenvalue weighted by atomic mass is 10.3. The zero-order chi connectivity index (χ0) is 10.0. The number of hydrogen-bond acceptors (Lipinski definition) is 6. The molecule has 14 heavy (non-hydrogen) atoms. The second kappa shape index (κ2) is 2.26. The van der Waals surface area contributed by atoms with Crippen molar-refractivity contribution in [2.24, 2.45) is 0 Å². The van der Waals surface area contributed by atoms with E-state index in [2.05, 4.69) is 0 Å². The molecule has 1 heterocycles. The van der Waals surface area contributed by atoms with E-state index >= 15 is 0 Å². The monoisotopic (exact) mass is 224 g/mol. The molecule has 0 aromatic heterocycles. The zero-order valence-corrected chi connectivity index (χ0v) is 8.08. The third-order valence-electron chi connectivity index (χ3n) is 2.06. The summed E-state index contributed by atoms with van der Waals surface area (Å²) in [5.74, 6) is 0. The molecule has 0 aliphatic carbocycles. The molecule has 0 spiro atoms. The third-order valence-corrected chi connectivity index (χ3v) is 4.69. The first-order valence-corrected chi connectivity index (χ1v) is 5.27. The fourth-order valence-corrected chi connectivity index (χ4v) is 3.67. The van der Waals surface area contributed by atoms with Gasteiger partial charge in [-0.2, -0.15) is 0 Å². The normalized spacial score (nSPS) is 14.3. The van der Waals surface area contributed by atoms with E-state index in [-0.39, 0.29) is 0 Å². The molecule has 1 aliphatic rings. The summed E-state index contributed by atoms with van der Waals surface area (Å²) in [4.78, 5) is 45.3. The molecular weight excluding hydrogens is 224 g/mol. The predicted octanol–water partition coefficient (Wildman–Crippen LogP) is -0.506. The first-order chi connectivity index (χ1) is 6.61. The van der Waals surface area contributed by atoms with Gasteiger partial charge in [-0.25, -0.2) is 0 Å². The lowest BCUT2D eigenvalue weighted by Crippen LogP contribution is -2.41. The fourth-order valence-electron chi connectivity index (χ4n) is 1.27. The molecule has 0 fully saturated rings. The van der Waals surface area contributed by atoms with Gasteiger partial charge in [0, 0.05) is 0 Å². The molecule has 0 N–H and O–H groups in total. The quantitative estimate of drug-likeness (QED) is 0.479. The first kappa shape index (κ1) is 8.19. The van der Waals surface area contributed by atoms with Crippen LogP contribution in [0, 0.1) is 0 Å². The lowest BCUT2D eigenvalue weighted by molar-refractivity contribution is 0.964. The maximum Gasteiger partial charge on any atom is 0.242 e. The van der Waals surface area contributed by atoms with E-state index < -0.39 is 21.7 Å². The van der Waals surface area contributed by atoms with Gasteiger partial charge in [0.15, 0.2) is 0 Å². The van der Waals surface area contributed by atoms with E-state index in [1.54, 1.807) is 0 Å². The Balaban J connectivity index is 2.25. The molecule has 4 nitrogen and oxygen atoms in total. The van der Waals surface area contributed by atoms with Crippen molar-refractivity contribution in [2.75, 3.05) is 0 Å². The van der Waals surface area contributed by atoms with E-state index in [1.807, 2.05) is 0 Å². The maximum absolute atomic E-state index is 11.0. The average Bonchev–Trinajstić information content (AvgIpc) is 2.24. The molecule has 1 aliphatic heterocycles. The van der Waals surface area contributed by atoms with Gasteiger partial charge in [0.25, 0.3) is 0 Å². The Kier molecular flexibility index (Phi) is 1.32. The zero-order valence-electron chi connectivity index (χ0n) is 6.45. The summed E-state index contributed by atoms with van der Waals surface area (Å²) in [6.07, 6.45) is 0. The molecule has 2 aromatic rings. The molecule has 0 unspecified atom stereocenters. The van der Waals surface area contributed by atoms with Gasteiger partial charge in [-0.3, -0.25) is 19.2 Å². The van der Waals surface area contributed by atoms with Gasteiger partial charge in [-0.15, -0.1) is 0 Å². The van der Waals surface area contributed by atoms with Crippen LogP contribution in [0.4, 0.5) is 0 Å². The van der Waals surface area contributed by atoms with Crippen molar-refractivity contribution in [3.63, 3.8) is 0 Å². The molecule has 0 saturated carbocycles. The van der Waals surface area contributed by atoms with Gasteiger partial charge >= 0.3 is 0 Å². The van der Waals surface area contributed by atoms with Crippen LogP contribution in [-0.2, 0) is 0 Å². The Hall–Kier alpha value is -1.14. The van der Waals surface area contributed by atoms with Crippen LogP contribution in [0.3, 0.4) is 0 Å². The Bertz CT molecular complexity index is 588. The highest BCUT2D eigenvalue weighted by Crippen LogP contribution is 2.44. The second-order valence-corrected chi connectivity index (χ2v) is 4.88. The highest BCUT2D eigenvalue weighted by atomic mass is 32.2. The van der Waals surface area contributed by atoms with Crippen LogP contribution < -0.4 is 21.7 Å². The van der Waals surface area contributed by atoms with Crippen LogP contribution in [0.5, 0.6) is 0 Å². The minimum atomic E-state index is -0.545. The average molecular weight is 224 g/mol. The highest BCUT2D eigenvalue weighted by Gasteiger charge is 2.35. The van der Waals surface area contributed by atoms with E-state index in [0.717, 1.165) is 23.5 Å². The van der Waals surface area contributed by atoms with Crippen LogP contribution in [0.1, 0.15) is 0 Å². The topological polar surface area (TPSA) is 68.3 Å². The van der Waals surface area contributed by atoms with Gasteiger partial charge in [0.05, 0.1) is 19.6 Å². The molecule has 3 rings (SSSR count). The third kappa shape index (κ3) is 0.699. The Morgan fingerprint density at radius 2 is 0.714 bits per heavy atom. The summed E-state index contributed by atoms with van der Waals surface area (Å²) in [6, 6.07) is 0. The van der Waals surface area contributed by atoms with Crippen molar-refractivity contribution in [2.45, 2.75) is 19.6 Å². The predicted molar refractivity (Wildman–Crippen MR) is 51.0 cm³/mol. The van der Waals surface area contributed by atoms with E-state index in [9.17, 15) is 19.2 Å². The van der Waals surface area contributed by atoms with E-state index in [0.29, 0.717) is 19.6 Å². The highest BCUT2D eigenvalue weighted by molar-refractivity contribution is 8.05. The van der Waals surface area contributed by atoms with E-state index in [4.69, 9.17) is 0 Å². The summed E-state index contributed by atoms with van der Waals surface area (Å²) in [7, 11) is 0. The molecule has 0 bridgehead atoms. The second-order valence-electron chi connectivity index (χ2n) is 2.84. The van der Waals surface area contributed by atoms with Crippen molar-refractivity contribution in [1.82, 2.24) is 0 Å². The Morgan fingerprint density at radius 1 is 0.500 bits per heavy atom. The van der Waals surface area contributed by atoms with Crippen molar-refractivity contribution in [1.29, 1.82) is 0 Å². The largest absolute Gasteiger partial charge is 0.284 e. The Morgan fingerprint density at radius 3 is 0.929 bits per heavy atom. The maximum atomic E-state index is 11.0. The molecule has 0 radical (unpaired) electrons. The summed E-state index contributed by atoms with van der Waals surface area (Å²) in [5.41, 5.74) is -2.18. The van der Waals surface area contributed by atoms with Gasteiger partial charge in [0.1, 0.15) is 0 Å². The van der Waals surface area contributed by atoms with Gasteiger partial charge in [-0.05, 0) is 0 Å². The molecule has 0 saturated heterocycles. The van der Waals surface area contributed by atoms with Crippen molar-refractivity contribution in [3.05, 3.63) is 40.9 Å². The van der Waals surface area contributed by atoms with Gasteiger partial charge in [-0.1, -0.05) is 23.5 Å². The standard InChI is InChI=1S/C8O4S2/c9-1-2(10)6-5(1)13-7-3(11)4(12)8(7)14-6. The number of fused-ring (bicyclic) bond motifs is 2. The lowest BCUT2D eigenvalue weighted by Gasteiger charge is -2.18. The van der Waals surface area contributed by atoms with E-state index in [1.165, 1.54) is 0 Å². The molecule has 0 atom stereocenters. The van der Waals surface area contributed by atoms with Crippen LogP contribution in [0.25, 0.3) is 0 Å². The van der Waals surface area contributed by atoms with Gasteiger partial charge < -0.3 is 0 Å². The number of rotatable bonds is 0. The molecule has 6 heteroatoms. The molecule has 0 amide bonds. The SMILES string of the molecule is O=c1c2c(c1=O)Sc1c(c(=O)c1=O)S2. The van der Waals surface area contributed by atoms with Gasteiger partial charge in [0.2, 0.25) is 21.7 Å². The minimum Gasteiger partial charge on any atom is -0.284 e. The number of hydrogen-bond donors (Lipinski definition) is 0. The summed E-state index contributed by atoms with van der Waals surface area (Å²) in [6.45, 7) is 0. The van der Waals surface area contributed by atoms with Crippen LogP contribution in [0.2, 0.25) is 0 Å². The first-order valence-electron chi connectivity index (χ1n) is 3.63. The summed E-state index contributed by atoms with van der Waals surface area (Å²) >= 11 is 1.90. The Labute approximate surface area is 84.3 Å².